The first kappa shape index (κ1) is 12.8. The zero-order chi connectivity index (χ0) is 12.9. The summed E-state index contributed by atoms with van der Waals surface area (Å²) >= 11 is 4.87. The number of aromatic nitrogens is 3. The van der Waals surface area contributed by atoms with Gasteiger partial charge in [0.1, 0.15) is 5.01 Å². The molecule has 0 fully saturated rings. The lowest BCUT2D eigenvalue weighted by Gasteiger charge is -1.96. The van der Waals surface area contributed by atoms with E-state index in [2.05, 4.69) is 39.4 Å². The van der Waals surface area contributed by atoms with Gasteiger partial charge >= 0.3 is 0 Å². The number of hydrogen-bond donors (Lipinski definition) is 0. The lowest BCUT2D eigenvalue weighted by atomic mass is 10.1. The minimum atomic E-state index is 0.945. The van der Waals surface area contributed by atoms with Crippen LogP contribution in [-0.2, 0) is 12.8 Å². The number of hydrogen-bond acceptors (Lipinski definition) is 6. The maximum atomic E-state index is 4.24. The van der Waals surface area contributed by atoms with E-state index in [1.54, 1.807) is 34.4 Å². The lowest BCUT2D eigenvalue weighted by Crippen LogP contribution is -1.89. The Hall–Kier alpha value is -1.24. The Morgan fingerprint density at radius 3 is 2.68 bits per heavy atom. The fourth-order valence-corrected chi connectivity index (χ4v) is 4.33. The van der Waals surface area contributed by atoms with Crippen molar-refractivity contribution >= 4 is 34.4 Å². The summed E-state index contributed by atoms with van der Waals surface area (Å²) in [6, 6.07) is 10.5. The van der Waals surface area contributed by atoms with E-state index in [0.717, 1.165) is 26.5 Å². The molecule has 96 valence electrons. The molecule has 6 heteroatoms. The van der Waals surface area contributed by atoms with Crippen LogP contribution in [0.3, 0.4) is 0 Å². The van der Waals surface area contributed by atoms with Crippen molar-refractivity contribution in [1.82, 2.24) is 15.2 Å². The molecule has 2 heterocycles. The normalized spacial score (nSPS) is 10.7. The van der Waals surface area contributed by atoms with Gasteiger partial charge in [0.25, 0.3) is 0 Å². The van der Waals surface area contributed by atoms with Crippen molar-refractivity contribution in [3.8, 4) is 0 Å². The van der Waals surface area contributed by atoms with Crippen LogP contribution < -0.4 is 0 Å². The fraction of sp³-hybridized carbons (Fsp3) is 0.154. The molecular formula is C13H11N3S3. The molecule has 0 saturated carbocycles. The summed E-state index contributed by atoms with van der Waals surface area (Å²) in [5, 5.41) is 11.5. The molecule has 0 unspecified atom stereocenters. The van der Waals surface area contributed by atoms with Crippen molar-refractivity contribution < 1.29 is 0 Å². The average Bonchev–Trinajstić information content (AvgIpc) is 3.10. The zero-order valence-corrected chi connectivity index (χ0v) is 12.5. The number of nitrogens with zero attached hydrogens (tertiary/aromatic N) is 3. The number of thiazole rings is 1. The molecule has 0 aliphatic heterocycles. The second kappa shape index (κ2) is 6.27. The van der Waals surface area contributed by atoms with Crippen molar-refractivity contribution in [3.05, 3.63) is 52.5 Å². The Morgan fingerprint density at radius 2 is 1.89 bits per heavy atom. The summed E-state index contributed by atoms with van der Waals surface area (Å²) in [6.45, 7) is 0. The van der Waals surface area contributed by atoms with Crippen molar-refractivity contribution in [2.24, 2.45) is 0 Å². The molecule has 1 aromatic carbocycles. The highest BCUT2D eigenvalue weighted by Gasteiger charge is 2.07. The summed E-state index contributed by atoms with van der Waals surface area (Å²) in [4.78, 5) is 4.23. The Morgan fingerprint density at radius 1 is 1.00 bits per heavy atom. The van der Waals surface area contributed by atoms with Crippen LogP contribution >= 0.6 is 34.4 Å². The van der Waals surface area contributed by atoms with Gasteiger partial charge in [-0.1, -0.05) is 41.7 Å². The Bertz CT molecular complexity index is 620. The summed E-state index contributed by atoms with van der Waals surface area (Å²) in [7, 11) is 0. The summed E-state index contributed by atoms with van der Waals surface area (Å²) in [5.74, 6) is 0. The van der Waals surface area contributed by atoms with Gasteiger partial charge in [-0.15, -0.1) is 21.5 Å². The first-order valence-electron chi connectivity index (χ1n) is 5.84. The van der Waals surface area contributed by atoms with E-state index in [1.165, 1.54) is 5.56 Å². The van der Waals surface area contributed by atoms with Gasteiger partial charge in [-0.2, -0.15) is 0 Å². The Kier molecular flexibility index (Phi) is 4.22. The maximum absolute atomic E-state index is 4.24. The first-order valence-corrected chi connectivity index (χ1v) is 8.35. The molecule has 19 heavy (non-hydrogen) atoms. The summed E-state index contributed by atoms with van der Waals surface area (Å²) < 4.78 is 1.99. The average molecular weight is 305 g/mol. The van der Waals surface area contributed by atoms with E-state index in [-0.39, 0.29) is 0 Å². The largest absolute Gasteiger partial charge is 0.238 e. The molecule has 3 nitrogen and oxygen atoms in total. The van der Waals surface area contributed by atoms with E-state index >= 15 is 0 Å². The molecule has 0 spiro atoms. The predicted octanol–water partition coefficient (Wildman–Crippen LogP) is 3.93. The van der Waals surface area contributed by atoms with Crippen LogP contribution in [0.1, 0.15) is 10.6 Å². The van der Waals surface area contributed by atoms with Crippen LogP contribution in [0.25, 0.3) is 0 Å². The zero-order valence-electron chi connectivity index (χ0n) is 10.0. The molecule has 0 aliphatic rings. The van der Waals surface area contributed by atoms with Crippen LogP contribution in [0.15, 0.2) is 50.6 Å². The van der Waals surface area contributed by atoms with Crippen molar-refractivity contribution in [1.29, 1.82) is 0 Å². The summed E-state index contributed by atoms with van der Waals surface area (Å²) in [5.41, 5.74) is 1.34. The van der Waals surface area contributed by atoms with Gasteiger partial charge in [-0.3, -0.25) is 0 Å². The number of aryl methyl sites for hydroxylation is 2. The van der Waals surface area contributed by atoms with E-state index < -0.39 is 0 Å². The van der Waals surface area contributed by atoms with E-state index in [4.69, 9.17) is 0 Å². The van der Waals surface area contributed by atoms with Gasteiger partial charge in [-0.05, 0) is 23.7 Å². The van der Waals surface area contributed by atoms with Crippen molar-refractivity contribution in [2.75, 3.05) is 0 Å². The highest BCUT2D eigenvalue weighted by molar-refractivity contribution is 8.02. The van der Waals surface area contributed by atoms with Crippen molar-refractivity contribution in [3.63, 3.8) is 0 Å². The standard InChI is InChI=1S/C13H11N3S3/c1-2-4-10(5-3-1)6-7-11-15-16-13(18-11)19-12-14-8-9-17-12/h1-5,8-9H,6-7H2. The maximum Gasteiger partial charge on any atom is 0.181 e. The number of benzene rings is 1. The Balaban J connectivity index is 1.59. The van der Waals surface area contributed by atoms with E-state index in [9.17, 15) is 0 Å². The molecule has 0 amide bonds. The highest BCUT2D eigenvalue weighted by atomic mass is 32.2. The third-order valence-electron chi connectivity index (χ3n) is 2.50. The van der Waals surface area contributed by atoms with Crippen LogP contribution in [0.5, 0.6) is 0 Å². The predicted molar refractivity (Wildman–Crippen MR) is 80.0 cm³/mol. The van der Waals surface area contributed by atoms with Crippen LogP contribution in [0.2, 0.25) is 0 Å². The lowest BCUT2D eigenvalue weighted by molar-refractivity contribution is 0.888. The Labute approximate surface area is 123 Å². The monoisotopic (exact) mass is 305 g/mol. The molecule has 0 saturated heterocycles. The SMILES string of the molecule is c1ccc(CCc2nnc(Sc3nccs3)s2)cc1. The molecule has 0 N–H and O–H groups in total. The topological polar surface area (TPSA) is 38.7 Å². The molecular weight excluding hydrogens is 294 g/mol. The minimum absolute atomic E-state index is 0.945. The van der Waals surface area contributed by atoms with Crippen LogP contribution in [-0.4, -0.2) is 15.2 Å². The second-order valence-electron chi connectivity index (χ2n) is 3.85. The molecule has 0 radical (unpaired) electrons. The van der Waals surface area contributed by atoms with Gasteiger partial charge in [0.15, 0.2) is 8.68 Å². The molecule has 0 atom stereocenters. The van der Waals surface area contributed by atoms with Crippen LogP contribution in [0, 0.1) is 0 Å². The van der Waals surface area contributed by atoms with E-state index in [0.29, 0.717) is 0 Å². The first-order chi connectivity index (χ1) is 9.40. The minimum Gasteiger partial charge on any atom is -0.238 e. The van der Waals surface area contributed by atoms with Gasteiger partial charge in [0, 0.05) is 18.0 Å². The second-order valence-corrected chi connectivity index (χ2v) is 7.30. The van der Waals surface area contributed by atoms with Crippen molar-refractivity contribution in [2.45, 2.75) is 21.5 Å². The van der Waals surface area contributed by atoms with Crippen LogP contribution in [0.4, 0.5) is 0 Å². The van der Waals surface area contributed by atoms with E-state index in [1.807, 2.05) is 17.6 Å². The van der Waals surface area contributed by atoms with Gasteiger partial charge in [0.2, 0.25) is 0 Å². The third kappa shape index (κ3) is 3.62. The quantitative estimate of drug-likeness (QED) is 0.716. The van der Waals surface area contributed by atoms with Gasteiger partial charge in [0.05, 0.1) is 0 Å². The molecule has 0 aliphatic carbocycles. The van der Waals surface area contributed by atoms with Gasteiger partial charge in [-0.25, -0.2) is 4.98 Å². The highest BCUT2D eigenvalue weighted by Crippen LogP contribution is 2.31. The fourth-order valence-electron chi connectivity index (χ4n) is 1.61. The smallest absolute Gasteiger partial charge is 0.181 e. The summed E-state index contributed by atoms with van der Waals surface area (Å²) in [6.07, 6.45) is 3.77. The molecule has 0 bridgehead atoms. The third-order valence-corrected chi connectivity index (χ3v) is 5.42. The van der Waals surface area contributed by atoms with Gasteiger partial charge < -0.3 is 0 Å². The molecule has 3 aromatic rings. The number of rotatable bonds is 5. The molecule has 3 rings (SSSR count). The molecule has 2 aromatic heterocycles.